The Morgan fingerprint density at radius 3 is 1.93 bits per heavy atom. The molecule has 0 aromatic heterocycles. The largest absolute Gasteiger partial charge is 0.376 e. The van der Waals surface area contributed by atoms with Crippen molar-refractivity contribution in [2.75, 3.05) is 0 Å². The van der Waals surface area contributed by atoms with Gasteiger partial charge in [0.15, 0.2) is 5.85 Å². The Balaban J connectivity index is 3.23. The Morgan fingerprint density at radius 1 is 1.15 bits per heavy atom. The first-order chi connectivity index (χ1) is 12.2. The first-order valence-electron chi connectivity index (χ1n) is 8.38. The Kier molecular flexibility index (Phi) is 7.15. The summed E-state index contributed by atoms with van der Waals surface area (Å²) in [4.78, 5) is 11.1. The number of aliphatic hydroxyl groups is 1. The van der Waals surface area contributed by atoms with E-state index in [-0.39, 0.29) is 5.57 Å². The lowest BCUT2D eigenvalue weighted by molar-refractivity contribution is -0.114. The van der Waals surface area contributed by atoms with Gasteiger partial charge in [-0.2, -0.15) is 5.26 Å². The summed E-state index contributed by atoms with van der Waals surface area (Å²) in [5.74, 6) is -2.33. The van der Waals surface area contributed by atoms with E-state index in [9.17, 15) is 14.5 Å². The molecule has 27 heavy (non-hydrogen) atoms. The highest BCUT2D eigenvalue weighted by molar-refractivity contribution is 7.54. The zero-order valence-electron chi connectivity index (χ0n) is 16.5. The number of nitrogens with two attached hydrogens (primary N) is 1. The van der Waals surface area contributed by atoms with Crippen LogP contribution < -0.4 is 5.73 Å². The van der Waals surface area contributed by atoms with Gasteiger partial charge >= 0.3 is 7.60 Å². The Morgan fingerprint density at radius 2 is 1.59 bits per heavy atom. The van der Waals surface area contributed by atoms with Gasteiger partial charge in [0.25, 0.3) is 5.91 Å². The zero-order valence-corrected chi connectivity index (χ0v) is 17.4. The summed E-state index contributed by atoms with van der Waals surface area (Å²) >= 11 is 0. The summed E-state index contributed by atoms with van der Waals surface area (Å²) in [6, 6.07) is 7.90. The van der Waals surface area contributed by atoms with Crippen molar-refractivity contribution in [1.82, 2.24) is 0 Å². The van der Waals surface area contributed by atoms with Crippen LogP contribution >= 0.6 is 7.60 Å². The van der Waals surface area contributed by atoms with Crippen LogP contribution in [0.25, 0.3) is 6.08 Å². The molecule has 3 N–H and O–H groups in total. The summed E-state index contributed by atoms with van der Waals surface area (Å²) in [7, 11) is -3.93. The van der Waals surface area contributed by atoms with E-state index < -0.39 is 30.6 Å². The monoisotopic (exact) mass is 394 g/mol. The predicted octanol–water partition coefficient (Wildman–Crippen LogP) is 3.89. The number of nitriles is 1. The van der Waals surface area contributed by atoms with E-state index in [1.807, 2.05) is 0 Å². The van der Waals surface area contributed by atoms with Crippen molar-refractivity contribution >= 4 is 19.6 Å². The molecule has 1 aromatic carbocycles. The number of benzene rings is 1. The van der Waals surface area contributed by atoms with Gasteiger partial charge in [0.2, 0.25) is 0 Å². The SMILES string of the molecule is CC(C)(C)OP(=O)(OC(C)(C)C)C(O)c1ccc(/C=C(/C#N)C(N)=O)cc1. The number of hydrogen-bond donors (Lipinski definition) is 2. The molecule has 0 fully saturated rings. The van der Waals surface area contributed by atoms with Gasteiger partial charge in [-0.05, 0) is 58.7 Å². The fourth-order valence-electron chi connectivity index (χ4n) is 2.15. The Labute approximate surface area is 160 Å². The number of carbonyl (C=O) groups is 1. The van der Waals surface area contributed by atoms with E-state index in [2.05, 4.69) is 0 Å². The van der Waals surface area contributed by atoms with Crippen molar-refractivity contribution < 1.29 is 23.5 Å². The van der Waals surface area contributed by atoms with Crippen molar-refractivity contribution in [3.05, 3.63) is 41.0 Å². The number of nitrogens with zero attached hydrogens (tertiary/aromatic N) is 1. The van der Waals surface area contributed by atoms with Gasteiger partial charge < -0.3 is 19.9 Å². The Hall–Kier alpha value is -1.97. The van der Waals surface area contributed by atoms with Crippen LogP contribution in [0.4, 0.5) is 0 Å². The maximum absolute atomic E-state index is 13.3. The molecule has 0 aliphatic heterocycles. The van der Waals surface area contributed by atoms with Crippen LogP contribution in [0.2, 0.25) is 0 Å². The highest BCUT2D eigenvalue weighted by Crippen LogP contribution is 2.63. The molecular weight excluding hydrogens is 367 g/mol. The van der Waals surface area contributed by atoms with Crippen LogP contribution in [0.5, 0.6) is 0 Å². The minimum absolute atomic E-state index is 0.193. The van der Waals surface area contributed by atoms with Crippen LogP contribution in [-0.2, 0) is 18.4 Å². The fourth-order valence-corrected chi connectivity index (χ4v) is 4.46. The van der Waals surface area contributed by atoms with Gasteiger partial charge in [0.05, 0.1) is 11.2 Å². The standard InChI is InChI=1S/C19H27N2O5P/c1-18(2,3)25-27(24,26-19(4,5)6)17(23)14-9-7-13(8-10-14)11-15(12-20)16(21)22/h7-11,17,23H,1-6H3,(H2,21,22)/b15-11-. The first kappa shape index (κ1) is 23.1. The third kappa shape index (κ3) is 7.28. The second kappa shape index (κ2) is 8.37. The van der Waals surface area contributed by atoms with E-state index >= 15 is 0 Å². The molecule has 0 radical (unpaired) electrons. The van der Waals surface area contributed by atoms with Crippen molar-refractivity contribution in [3.8, 4) is 6.07 Å². The third-order valence-corrected chi connectivity index (χ3v) is 5.53. The molecule has 0 aliphatic rings. The second-order valence-corrected chi connectivity index (χ2v) is 9.96. The van der Waals surface area contributed by atoms with Crippen LogP contribution in [-0.4, -0.2) is 22.2 Å². The molecule has 1 rings (SSSR count). The Bertz CT molecular complexity index is 775. The lowest BCUT2D eigenvalue weighted by Gasteiger charge is -2.34. The maximum Gasteiger partial charge on any atom is 0.364 e. The van der Waals surface area contributed by atoms with Gasteiger partial charge in [0.1, 0.15) is 11.6 Å². The normalized spacial score (nSPS) is 14.5. The van der Waals surface area contributed by atoms with Crippen LogP contribution in [0.3, 0.4) is 0 Å². The number of carbonyl (C=O) groups excluding carboxylic acids is 1. The van der Waals surface area contributed by atoms with Crippen molar-refractivity contribution in [2.45, 2.75) is 58.6 Å². The summed E-state index contributed by atoms with van der Waals surface area (Å²) in [6.45, 7) is 10.3. The molecule has 1 unspecified atom stereocenters. The van der Waals surface area contributed by atoms with Crippen molar-refractivity contribution in [2.24, 2.45) is 5.73 Å². The zero-order chi connectivity index (χ0) is 21.0. The third-order valence-electron chi connectivity index (χ3n) is 3.03. The topological polar surface area (TPSA) is 123 Å². The van der Waals surface area contributed by atoms with Gasteiger partial charge in [-0.3, -0.25) is 9.36 Å². The van der Waals surface area contributed by atoms with Crippen LogP contribution in [0, 0.1) is 11.3 Å². The highest BCUT2D eigenvalue weighted by Gasteiger charge is 2.42. The molecule has 1 amide bonds. The number of amides is 1. The van der Waals surface area contributed by atoms with Gasteiger partial charge in [0, 0.05) is 0 Å². The molecular formula is C19H27N2O5P. The molecule has 0 aliphatic carbocycles. The summed E-state index contributed by atoms with van der Waals surface area (Å²) in [5, 5.41) is 19.6. The minimum Gasteiger partial charge on any atom is -0.376 e. The molecule has 148 valence electrons. The lowest BCUT2D eigenvalue weighted by Crippen LogP contribution is -2.26. The van der Waals surface area contributed by atoms with E-state index in [1.165, 1.54) is 18.2 Å². The smallest absolute Gasteiger partial charge is 0.364 e. The number of hydrogen-bond acceptors (Lipinski definition) is 6. The molecule has 0 saturated carbocycles. The van der Waals surface area contributed by atoms with E-state index in [1.54, 1.807) is 59.7 Å². The minimum atomic E-state index is -3.93. The van der Waals surface area contributed by atoms with E-state index in [4.69, 9.17) is 20.0 Å². The molecule has 0 spiro atoms. The average Bonchev–Trinajstić information content (AvgIpc) is 2.48. The van der Waals surface area contributed by atoms with Crippen molar-refractivity contribution in [1.29, 1.82) is 5.26 Å². The van der Waals surface area contributed by atoms with Gasteiger partial charge in [-0.25, -0.2) is 0 Å². The average molecular weight is 394 g/mol. The summed E-state index contributed by atoms with van der Waals surface area (Å²) in [6.07, 6.45) is 1.33. The van der Waals surface area contributed by atoms with Crippen molar-refractivity contribution in [3.63, 3.8) is 0 Å². The highest BCUT2D eigenvalue weighted by atomic mass is 31.2. The van der Waals surface area contributed by atoms with Crippen LogP contribution in [0.15, 0.2) is 29.8 Å². The number of rotatable bonds is 6. The molecule has 0 saturated heterocycles. The van der Waals surface area contributed by atoms with Crippen LogP contribution in [0.1, 0.15) is 58.5 Å². The molecule has 8 heteroatoms. The second-order valence-electron chi connectivity index (χ2n) is 8.02. The molecule has 1 aromatic rings. The summed E-state index contributed by atoms with van der Waals surface area (Å²) < 4.78 is 24.6. The molecule has 0 heterocycles. The molecule has 0 bridgehead atoms. The molecule has 7 nitrogen and oxygen atoms in total. The number of primary amides is 1. The number of aliphatic hydroxyl groups excluding tert-OH is 1. The lowest BCUT2D eigenvalue weighted by atomic mass is 10.1. The van der Waals surface area contributed by atoms with E-state index in [0.717, 1.165) is 0 Å². The predicted molar refractivity (Wildman–Crippen MR) is 103 cm³/mol. The fraction of sp³-hybridized carbons (Fsp3) is 0.474. The van der Waals surface area contributed by atoms with Gasteiger partial charge in [-0.1, -0.05) is 24.3 Å². The van der Waals surface area contributed by atoms with E-state index in [0.29, 0.717) is 11.1 Å². The quantitative estimate of drug-likeness (QED) is 0.429. The first-order valence-corrected chi connectivity index (χ1v) is 9.99. The molecule has 1 atom stereocenters. The van der Waals surface area contributed by atoms with Gasteiger partial charge in [-0.15, -0.1) is 0 Å². The summed E-state index contributed by atoms with van der Waals surface area (Å²) in [5.41, 5.74) is 4.17. The maximum atomic E-state index is 13.3.